The summed E-state index contributed by atoms with van der Waals surface area (Å²) in [5.74, 6) is -0.437. The fourth-order valence-electron chi connectivity index (χ4n) is 2.03. The van der Waals surface area contributed by atoms with E-state index in [-0.39, 0.29) is 17.8 Å². The molecule has 0 amide bonds. The summed E-state index contributed by atoms with van der Waals surface area (Å²) in [6.07, 6.45) is 6.47. The maximum Gasteiger partial charge on any atom is 0.333 e. The minimum absolute atomic E-state index is 0.0187. The van der Waals surface area contributed by atoms with Crippen LogP contribution in [0, 0.1) is 10.8 Å². The number of esters is 1. The SMILES string of the molecule is C/C=C(/C)C(=O)OCC(=O)C1(C)CC=CC1(C)C. The number of ketones is 1. The lowest BCUT2D eigenvalue weighted by atomic mass is 9.66. The molecule has 1 aliphatic rings. The van der Waals surface area contributed by atoms with Crippen LogP contribution in [0.4, 0.5) is 0 Å². The number of allylic oxidation sites excluding steroid dienone is 3. The molecule has 0 fully saturated rings. The highest BCUT2D eigenvalue weighted by molar-refractivity contribution is 5.92. The maximum absolute atomic E-state index is 12.3. The van der Waals surface area contributed by atoms with Crippen molar-refractivity contribution in [3.63, 3.8) is 0 Å². The molecule has 1 atom stereocenters. The van der Waals surface area contributed by atoms with Crippen molar-refractivity contribution >= 4 is 11.8 Å². The van der Waals surface area contributed by atoms with E-state index >= 15 is 0 Å². The molecule has 0 radical (unpaired) electrons. The number of hydrogen-bond donors (Lipinski definition) is 0. The van der Waals surface area contributed by atoms with E-state index in [1.54, 1.807) is 19.9 Å². The lowest BCUT2D eigenvalue weighted by Crippen LogP contribution is -2.40. The molecule has 0 N–H and O–H groups in total. The van der Waals surface area contributed by atoms with Gasteiger partial charge in [0.25, 0.3) is 0 Å². The Bertz CT molecular complexity index is 415. The highest BCUT2D eigenvalue weighted by Crippen LogP contribution is 2.48. The molecule has 0 saturated heterocycles. The van der Waals surface area contributed by atoms with Crippen molar-refractivity contribution in [2.24, 2.45) is 10.8 Å². The van der Waals surface area contributed by atoms with Crippen LogP contribution >= 0.6 is 0 Å². The monoisotopic (exact) mass is 250 g/mol. The molecule has 0 bridgehead atoms. The Labute approximate surface area is 109 Å². The van der Waals surface area contributed by atoms with Crippen LogP contribution in [0.5, 0.6) is 0 Å². The standard InChI is InChI=1S/C15H22O3/c1-6-11(2)13(17)18-10-12(16)15(5)9-7-8-14(15,3)4/h6-8H,9-10H2,1-5H3/b11-6-. The average molecular weight is 250 g/mol. The zero-order valence-electron chi connectivity index (χ0n) is 11.9. The van der Waals surface area contributed by atoms with Gasteiger partial charge in [-0.05, 0) is 25.7 Å². The topological polar surface area (TPSA) is 43.4 Å². The highest BCUT2D eigenvalue weighted by atomic mass is 16.5. The van der Waals surface area contributed by atoms with E-state index in [0.29, 0.717) is 12.0 Å². The van der Waals surface area contributed by atoms with Gasteiger partial charge in [-0.1, -0.05) is 39.0 Å². The Kier molecular flexibility index (Phi) is 4.15. The molecular formula is C15H22O3. The van der Waals surface area contributed by atoms with E-state index in [4.69, 9.17) is 4.74 Å². The Hall–Kier alpha value is -1.38. The molecule has 0 spiro atoms. The molecule has 1 aliphatic carbocycles. The summed E-state index contributed by atoms with van der Waals surface area (Å²) in [5, 5.41) is 0. The second kappa shape index (κ2) is 5.09. The predicted octanol–water partition coefficient (Wildman–Crippen LogP) is 3.06. The average Bonchev–Trinajstić information content (AvgIpc) is 2.60. The van der Waals surface area contributed by atoms with Gasteiger partial charge in [-0.15, -0.1) is 0 Å². The van der Waals surface area contributed by atoms with Crippen LogP contribution in [-0.2, 0) is 14.3 Å². The quantitative estimate of drug-likeness (QED) is 0.437. The molecule has 0 aromatic carbocycles. The summed E-state index contributed by atoms with van der Waals surface area (Å²) >= 11 is 0. The lowest BCUT2D eigenvalue weighted by molar-refractivity contribution is -0.149. The third-order valence-corrected chi connectivity index (χ3v) is 4.19. The Balaban J connectivity index is 2.65. The van der Waals surface area contributed by atoms with Crippen LogP contribution in [0.25, 0.3) is 0 Å². The molecule has 0 aromatic heterocycles. The normalized spacial score (nSPS) is 26.2. The van der Waals surface area contributed by atoms with Gasteiger partial charge in [0.15, 0.2) is 12.4 Å². The first kappa shape index (κ1) is 14.7. The second-order valence-corrected chi connectivity index (χ2v) is 5.63. The highest BCUT2D eigenvalue weighted by Gasteiger charge is 2.47. The summed E-state index contributed by atoms with van der Waals surface area (Å²) in [6.45, 7) is 9.30. The smallest absolute Gasteiger partial charge is 0.333 e. The summed E-state index contributed by atoms with van der Waals surface area (Å²) in [6, 6.07) is 0. The van der Waals surface area contributed by atoms with Crippen LogP contribution in [-0.4, -0.2) is 18.4 Å². The third-order valence-electron chi connectivity index (χ3n) is 4.19. The molecule has 0 aromatic rings. The molecule has 18 heavy (non-hydrogen) atoms. The predicted molar refractivity (Wildman–Crippen MR) is 71.0 cm³/mol. The maximum atomic E-state index is 12.3. The Morgan fingerprint density at radius 2 is 1.94 bits per heavy atom. The molecule has 3 heteroatoms. The summed E-state index contributed by atoms with van der Waals surface area (Å²) in [7, 11) is 0. The molecule has 3 nitrogen and oxygen atoms in total. The van der Waals surface area contributed by atoms with E-state index in [2.05, 4.69) is 6.08 Å². The zero-order chi connectivity index (χ0) is 14.0. The number of carbonyl (C=O) groups is 2. The van der Waals surface area contributed by atoms with Crippen molar-refractivity contribution in [1.29, 1.82) is 0 Å². The van der Waals surface area contributed by atoms with E-state index < -0.39 is 11.4 Å². The molecular weight excluding hydrogens is 228 g/mol. The number of ether oxygens (including phenoxy) is 1. The van der Waals surface area contributed by atoms with Crippen LogP contribution in [0.3, 0.4) is 0 Å². The van der Waals surface area contributed by atoms with Gasteiger partial charge in [0, 0.05) is 11.0 Å². The molecule has 1 rings (SSSR count). The van der Waals surface area contributed by atoms with Crippen molar-refractivity contribution in [3.8, 4) is 0 Å². The van der Waals surface area contributed by atoms with Crippen LogP contribution < -0.4 is 0 Å². The van der Waals surface area contributed by atoms with Crippen molar-refractivity contribution in [2.75, 3.05) is 6.61 Å². The van der Waals surface area contributed by atoms with Crippen molar-refractivity contribution in [1.82, 2.24) is 0 Å². The first-order valence-corrected chi connectivity index (χ1v) is 6.25. The second-order valence-electron chi connectivity index (χ2n) is 5.63. The van der Waals surface area contributed by atoms with Gasteiger partial charge in [0.2, 0.25) is 0 Å². The molecule has 0 heterocycles. The minimum atomic E-state index is -0.475. The third kappa shape index (κ3) is 2.55. The van der Waals surface area contributed by atoms with Gasteiger partial charge in [-0.2, -0.15) is 0 Å². The lowest BCUT2D eigenvalue weighted by Gasteiger charge is -2.36. The van der Waals surface area contributed by atoms with Crippen LogP contribution in [0.15, 0.2) is 23.8 Å². The van der Waals surface area contributed by atoms with Gasteiger partial charge in [-0.25, -0.2) is 4.79 Å². The van der Waals surface area contributed by atoms with E-state index in [1.165, 1.54) is 0 Å². The minimum Gasteiger partial charge on any atom is -0.454 e. The van der Waals surface area contributed by atoms with E-state index in [0.717, 1.165) is 0 Å². The zero-order valence-corrected chi connectivity index (χ0v) is 11.9. The number of Topliss-reactive ketones (excluding diaryl/α,β-unsaturated/α-hetero) is 1. The van der Waals surface area contributed by atoms with Crippen molar-refractivity contribution in [3.05, 3.63) is 23.8 Å². The fourth-order valence-corrected chi connectivity index (χ4v) is 2.03. The molecule has 0 aliphatic heterocycles. The molecule has 100 valence electrons. The first-order chi connectivity index (χ1) is 8.24. The van der Waals surface area contributed by atoms with Gasteiger partial charge in [0.05, 0.1) is 0 Å². The molecule has 0 saturated carbocycles. The Morgan fingerprint density at radius 1 is 1.33 bits per heavy atom. The first-order valence-electron chi connectivity index (χ1n) is 6.25. The van der Waals surface area contributed by atoms with Gasteiger partial charge >= 0.3 is 5.97 Å². The summed E-state index contributed by atoms with van der Waals surface area (Å²) in [4.78, 5) is 23.8. The number of rotatable bonds is 4. The Morgan fingerprint density at radius 3 is 2.39 bits per heavy atom. The summed E-state index contributed by atoms with van der Waals surface area (Å²) < 4.78 is 5.04. The van der Waals surface area contributed by atoms with E-state index in [9.17, 15) is 9.59 Å². The number of hydrogen-bond acceptors (Lipinski definition) is 3. The van der Waals surface area contributed by atoms with Gasteiger partial charge in [-0.3, -0.25) is 4.79 Å². The van der Waals surface area contributed by atoms with Crippen molar-refractivity contribution in [2.45, 2.75) is 41.0 Å². The molecule has 1 unspecified atom stereocenters. The van der Waals surface area contributed by atoms with Gasteiger partial charge < -0.3 is 4.74 Å². The fraction of sp³-hybridized carbons (Fsp3) is 0.600. The van der Waals surface area contributed by atoms with Crippen LogP contribution in [0.1, 0.15) is 41.0 Å². The summed E-state index contributed by atoms with van der Waals surface area (Å²) in [5.41, 5.74) is -0.139. The van der Waals surface area contributed by atoms with E-state index in [1.807, 2.05) is 26.8 Å². The number of carbonyl (C=O) groups excluding carboxylic acids is 2. The largest absolute Gasteiger partial charge is 0.454 e. The van der Waals surface area contributed by atoms with Gasteiger partial charge in [0.1, 0.15) is 0 Å². The van der Waals surface area contributed by atoms with Crippen LogP contribution in [0.2, 0.25) is 0 Å². The van der Waals surface area contributed by atoms with Crippen molar-refractivity contribution < 1.29 is 14.3 Å².